The maximum atomic E-state index is 14.0. The van der Waals surface area contributed by atoms with Crippen molar-refractivity contribution >= 4 is 52.2 Å². The van der Waals surface area contributed by atoms with Crippen molar-refractivity contribution in [1.82, 2.24) is 4.90 Å². The second-order valence-corrected chi connectivity index (χ2v) is 9.82. The lowest BCUT2D eigenvalue weighted by atomic mass is 10.1. The molecule has 1 aliphatic heterocycles. The van der Waals surface area contributed by atoms with Crippen LogP contribution < -0.4 is 19.5 Å². The summed E-state index contributed by atoms with van der Waals surface area (Å²) in [5.74, 6) is -0.350. The first-order chi connectivity index (χ1) is 19.3. The first-order valence-electron chi connectivity index (χ1n) is 12.4. The standard InChI is InChI=1S/C29H26ClFN2O6S/c1-3-37-21-11-9-20(10-12-21)32-26(34)16-33-28(35)25(40-29(33)36)15-18-13-22(30)27(24(14-18)38-4-2)39-17-19-7-5-6-8-23(19)31/h5-15H,3-4,16-17H2,1-2H3,(H,32,34)/b25-15+. The van der Waals surface area contributed by atoms with Gasteiger partial charge in [0.2, 0.25) is 5.91 Å². The Morgan fingerprint density at radius 2 is 1.75 bits per heavy atom. The minimum atomic E-state index is -0.606. The fourth-order valence-electron chi connectivity index (χ4n) is 3.77. The van der Waals surface area contributed by atoms with Gasteiger partial charge in [0.1, 0.15) is 24.7 Å². The molecular formula is C29H26ClFN2O6S. The molecule has 40 heavy (non-hydrogen) atoms. The molecule has 11 heteroatoms. The molecule has 0 aliphatic carbocycles. The summed E-state index contributed by atoms with van der Waals surface area (Å²) in [7, 11) is 0. The molecule has 1 N–H and O–H groups in total. The van der Waals surface area contributed by atoms with Crippen molar-refractivity contribution in [2.75, 3.05) is 25.1 Å². The number of hydrogen-bond acceptors (Lipinski definition) is 7. The number of benzene rings is 3. The number of halogens is 2. The van der Waals surface area contributed by atoms with Gasteiger partial charge in [-0.05, 0) is 79.7 Å². The van der Waals surface area contributed by atoms with E-state index < -0.39 is 29.4 Å². The largest absolute Gasteiger partial charge is 0.494 e. The SMILES string of the molecule is CCOc1ccc(NC(=O)CN2C(=O)S/C(=C/c3cc(Cl)c(OCc4ccccc4F)c(OCC)c3)C2=O)cc1. The van der Waals surface area contributed by atoms with E-state index in [0.717, 1.165) is 4.90 Å². The fourth-order valence-corrected chi connectivity index (χ4v) is 4.88. The highest BCUT2D eigenvalue weighted by Crippen LogP contribution is 2.39. The second kappa shape index (κ2) is 13.4. The van der Waals surface area contributed by atoms with Crippen LogP contribution in [0.3, 0.4) is 0 Å². The molecule has 1 fully saturated rings. The normalized spacial score (nSPS) is 14.0. The Morgan fingerprint density at radius 3 is 2.45 bits per heavy atom. The van der Waals surface area contributed by atoms with Gasteiger partial charge in [0.25, 0.3) is 11.1 Å². The summed E-state index contributed by atoms with van der Waals surface area (Å²) in [4.78, 5) is 39.1. The van der Waals surface area contributed by atoms with E-state index >= 15 is 0 Å². The highest BCUT2D eigenvalue weighted by Gasteiger charge is 2.36. The van der Waals surface area contributed by atoms with Crippen LogP contribution in [0.15, 0.2) is 65.6 Å². The summed E-state index contributed by atoms with van der Waals surface area (Å²) in [5, 5.41) is 2.28. The first kappa shape index (κ1) is 29.0. The number of amides is 3. The van der Waals surface area contributed by atoms with E-state index in [1.807, 2.05) is 6.92 Å². The van der Waals surface area contributed by atoms with Gasteiger partial charge in [0, 0.05) is 11.3 Å². The first-order valence-corrected chi connectivity index (χ1v) is 13.6. The summed E-state index contributed by atoms with van der Waals surface area (Å²) in [6, 6.07) is 16.1. The number of carbonyl (C=O) groups is 3. The summed E-state index contributed by atoms with van der Waals surface area (Å²) in [5.41, 5.74) is 1.34. The molecule has 3 aromatic rings. The summed E-state index contributed by atoms with van der Waals surface area (Å²) < 4.78 is 30.8. The molecule has 4 rings (SSSR count). The quantitative estimate of drug-likeness (QED) is 0.256. The van der Waals surface area contributed by atoms with Crippen LogP contribution in [0.25, 0.3) is 6.08 Å². The highest BCUT2D eigenvalue weighted by molar-refractivity contribution is 8.18. The van der Waals surface area contributed by atoms with Crippen LogP contribution in [0, 0.1) is 5.82 Å². The number of nitrogens with one attached hydrogen (secondary N) is 1. The third-order valence-corrected chi connectivity index (χ3v) is 6.77. The van der Waals surface area contributed by atoms with Crippen molar-refractivity contribution in [3.8, 4) is 17.2 Å². The summed E-state index contributed by atoms with van der Waals surface area (Å²) in [6.07, 6.45) is 1.49. The summed E-state index contributed by atoms with van der Waals surface area (Å²) in [6.45, 7) is 3.96. The predicted octanol–water partition coefficient (Wildman–Crippen LogP) is 6.53. The third kappa shape index (κ3) is 7.13. The van der Waals surface area contributed by atoms with Crippen LogP contribution in [0.5, 0.6) is 17.2 Å². The zero-order valence-electron chi connectivity index (χ0n) is 21.7. The van der Waals surface area contributed by atoms with Crippen LogP contribution in [0.2, 0.25) is 5.02 Å². The van der Waals surface area contributed by atoms with Gasteiger partial charge in [-0.1, -0.05) is 29.8 Å². The number of anilines is 1. The van der Waals surface area contributed by atoms with Gasteiger partial charge in [-0.3, -0.25) is 19.3 Å². The van der Waals surface area contributed by atoms with Crippen LogP contribution >= 0.6 is 23.4 Å². The Labute approximate surface area is 240 Å². The van der Waals surface area contributed by atoms with E-state index in [1.54, 1.807) is 61.5 Å². The van der Waals surface area contributed by atoms with Gasteiger partial charge >= 0.3 is 0 Å². The van der Waals surface area contributed by atoms with Gasteiger partial charge in [-0.2, -0.15) is 0 Å². The molecule has 0 atom stereocenters. The molecule has 1 heterocycles. The Morgan fingerprint density at radius 1 is 1.02 bits per heavy atom. The minimum Gasteiger partial charge on any atom is -0.494 e. The minimum absolute atomic E-state index is 0.0660. The van der Waals surface area contributed by atoms with E-state index in [0.29, 0.717) is 53.3 Å². The van der Waals surface area contributed by atoms with Gasteiger partial charge < -0.3 is 19.5 Å². The van der Waals surface area contributed by atoms with Crippen molar-refractivity contribution < 1.29 is 33.0 Å². The molecule has 1 saturated heterocycles. The molecule has 0 unspecified atom stereocenters. The van der Waals surface area contributed by atoms with E-state index in [1.165, 1.54) is 12.1 Å². The molecule has 3 amide bonds. The lowest BCUT2D eigenvalue weighted by Crippen LogP contribution is -2.36. The Bertz CT molecular complexity index is 1450. The molecular weight excluding hydrogens is 559 g/mol. The Balaban J connectivity index is 1.46. The fraction of sp³-hybridized carbons (Fsp3) is 0.207. The van der Waals surface area contributed by atoms with Crippen molar-refractivity contribution in [3.05, 3.63) is 87.5 Å². The van der Waals surface area contributed by atoms with E-state index in [4.69, 9.17) is 25.8 Å². The van der Waals surface area contributed by atoms with Gasteiger partial charge in [0.05, 0.1) is 23.1 Å². The topological polar surface area (TPSA) is 94.2 Å². The molecule has 0 aromatic heterocycles. The number of nitrogens with zero attached hydrogens (tertiary/aromatic N) is 1. The van der Waals surface area contributed by atoms with Gasteiger partial charge in [-0.25, -0.2) is 4.39 Å². The van der Waals surface area contributed by atoms with E-state index in [9.17, 15) is 18.8 Å². The third-order valence-electron chi connectivity index (χ3n) is 5.58. The Hall–Kier alpha value is -4.02. The molecule has 3 aromatic carbocycles. The van der Waals surface area contributed by atoms with Gasteiger partial charge in [-0.15, -0.1) is 0 Å². The molecule has 0 bridgehead atoms. The Kier molecular flexibility index (Phi) is 9.68. The van der Waals surface area contributed by atoms with E-state index in [2.05, 4.69) is 5.32 Å². The number of hydrogen-bond donors (Lipinski definition) is 1. The van der Waals surface area contributed by atoms with Crippen LogP contribution in [0.1, 0.15) is 25.0 Å². The van der Waals surface area contributed by atoms with Crippen LogP contribution in [-0.4, -0.2) is 41.7 Å². The lowest BCUT2D eigenvalue weighted by molar-refractivity contribution is -0.127. The predicted molar refractivity (Wildman–Crippen MR) is 152 cm³/mol. The number of carbonyl (C=O) groups excluding carboxylic acids is 3. The lowest BCUT2D eigenvalue weighted by Gasteiger charge is -2.15. The van der Waals surface area contributed by atoms with Crippen LogP contribution in [-0.2, 0) is 16.2 Å². The second-order valence-electron chi connectivity index (χ2n) is 8.42. The number of ether oxygens (including phenoxy) is 3. The van der Waals surface area contributed by atoms with Crippen molar-refractivity contribution in [2.24, 2.45) is 0 Å². The molecule has 0 spiro atoms. The molecule has 8 nitrogen and oxygen atoms in total. The zero-order valence-corrected chi connectivity index (χ0v) is 23.3. The number of imide groups is 1. The highest BCUT2D eigenvalue weighted by atomic mass is 35.5. The smallest absolute Gasteiger partial charge is 0.294 e. The molecule has 208 valence electrons. The van der Waals surface area contributed by atoms with Crippen molar-refractivity contribution in [3.63, 3.8) is 0 Å². The molecule has 0 radical (unpaired) electrons. The average molecular weight is 585 g/mol. The van der Waals surface area contributed by atoms with E-state index in [-0.39, 0.29) is 22.3 Å². The van der Waals surface area contributed by atoms with Crippen LogP contribution in [0.4, 0.5) is 14.9 Å². The van der Waals surface area contributed by atoms with Crippen molar-refractivity contribution in [1.29, 1.82) is 0 Å². The number of rotatable bonds is 11. The molecule has 0 saturated carbocycles. The number of thioether (sulfide) groups is 1. The van der Waals surface area contributed by atoms with Gasteiger partial charge in [0.15, 0.2) is 11.5 Å². The monoisotopic (exact) mass is 584 g/mol. The maximum Gasteiger partial charge on any atom is 0.294 e. The average Bonchev–Trinajstić information content (AvgIpc) is 3.17. The van der Waals surface area contributed by atoms with Crippen molar-refractivity contribution in [2.45, 2.75) is 20.5 Å². The summed E-state index contributed by atoms with van der Waals surface area (Å²) >= 11 is 7.19. The maximum absolute atomic E-state index is 14.0. The molecule has 1 aliphatic rings. The zero-order chi connectivity index (χ0) is 28.6.